The molecule has 8 nitrogen and oxygen atoms in total. The van der Waals surface area contributed by atoms with E-state index < -0.39 is 0 Å². The lowest BCUT2D eigenvalue weighted by Gasteiger charge is -2.06. The van der Waals surface area contributed by atoms with E-state index in [4.69, 9.17) is 0 Å². The van der Waals surface area contributed by atoms with Gasteiger partial charge in [0.2, 0.25) is 0 Å². The topological polar surface area (TPSA) is 101 Å². The van der Waals surface area contributed by atoms with Crippen molar-refractivity contribution in [3.05, 3.63) is 54.4 Å². The maximum atomic E-state index is 12.5. The highest BCUT2D eigenvalue weighted by Crippen LogP contribution is 2.21. The molecule has 0 fully saturated rings. The second-order valence-corrected chi connectivity index (χ2v) is 5.23. The van der Waals surface area contributed by atoms with Gasteiger partial charge in [0, 0.05) is 18.2 Å². The molecule has 4 aromatic rings. The van der Waals surface area contributed by atoms with Gasteiger partial charge >= 0.3 is 0 Å². The minimum atomic E-state index is -0.211. The molecule has 118 valence electrons. The van der Waals surface area contributed by atoms with Gasteiger partial charge in [-0.1, -0.05) is 18.2 Å². The van der Waals surface area contributed by atoms with Crippen molar-refractivity contribution in [1.29, 1.82) is 0 Å². The highest BCUT2D eigenvalue weighted by atomic mass is 16.1. The molecular formula is C16H13N7O. The summed E-state index contributed by atoms with van der Waals surface area (Å²) in [5, 5.41) is 18.0. The van der Waals surface area contributed by atoms with Gasteiger partial charge in [0.25, 0.3) is 5.91 Å². The molecule has 2 aromatic heterocycles. The Labute approximate surface area is 136 Å². The fourth-order valence-electron chi connectivity index (χ4n) is 2.46. The maximum Gasteiger partial charge on any atom is 0.255 e. The normalized spacial score (nSPS) is 10.9. The number of amides is 1. The van der Waals surface area contributed by atoms with Crippen molar-refractivity contribution in [2.75, 3.05) is 5.32 Å². The van der Waals surface area contributed by atoms with Gasteiger partial charge in [0.05, 0.1) is 5.69 Å². The lowest BCUT2D eigenvalue weighted by atomic mass is 10.1. The van der Waals surface area contributed by atoms with Gasteiger partial charge in [-0.25, -0.2) is 4.98 Å². The van der Waals surface area contributed by atoms with Crippen molar-refractivity contribution in [2.45, 2.75) is 0 Å². The number of hydrogen-bond acceptors (Lipinski definition) is 5. The first kappa shape index (κ1) is 14.1. The first-order valence-corrected chi connectivity index (χ1v) is 7.28. The van der Waals surface area contributed by atoms with Crippen LogP contribution in [0.4, 0.5) is 5.69 Å². The van der Waals surface area contributed by atoms with Crippen molar-refractivity contribution in [3.8, 4) is 11.4 Å². The molecule has 0 aliphatic rings. The highest BCUT2D eigenvalue weighted by molar-refractivity contribution is 6.08. The number of aryl methyl sites for hydroxylation is 1. The average Bonchev–Trinajstić information content (AvgIpc) is 3.24. The summed E-state index contributed by atoms with van der Waals surface area (Å²) >= 11 is 0. The number of carbonyl (C=O) groups is 1. The summed E-state index contributed by atoms with van der Waals surface area (Å²) in [6.45, 7) is 0. The van der Waals surface area contributed by atoms with E-state index in [1.165, 1.54) is 11.1 Å². The van der Waals surface area contributed by atoms with Crippen molar-refractivity contribution >= 4 is 22.6 Å². The number of hydrogen-bond donors (Lipinski definition) is 2. The Morgan fingerprint density at radius 1 is 1.12 bits per heavy atom. The number of nitrogens with one attached hydrogen (secondary N) is 2. The van der Waals surface area contributed by atoms with E-state index in [0.29, 0.717) is 22.6 Å². The van der Waals surface area contributed by atoms with Crippen molar-refractivity contribution in [1.82, 2.24) is 30.2 Å². The fraction of sp³-hybridized carbons (Fsp3) is 0.0625. The van der Waals surface area contributed by atoms with Gasteiger partial charge in [-0.15, -0.1) is 0 Å². The zero-order valence-electron chi connectivity index (χ0n) is 12.8. The molecule has 24 heavy (non-hydrogen) atoms. The second kappa shape index (κ2) is 5.58. The molecule has 0 radical (unpaired) electrons. The Bertz CT molecular complexity index is 1000. The second-order valence-electron chi connectivity index (χ2n) is 5.23. The Morgan fingerprint density at radius 2 is 1.96 bits per heavy atom. The van der Waals surface area contributed by atoms with E-state index in [2.05, 4.69) is 30.7 Å². The van der Waals surface area contributed by atoms with Gasteiger partial charge in [0.1, 0.15) is 17.4 Å². The lowest BCUT2D eigenvalue weighted by molar-refractivity contribution is 0.102. The minimum Gasteiger partial charge on any atom is -0.320 e. The molecule has 0 aliphatic carbocycles. The van der Waals surface area contributed by atoms with Crippen molar-refractivity contribution in [2.24, 2.45) is 7.05 Å². The summed E-state index contributed by atoms with van der Waals surface area (Å²) < 4.78 is 0. The van der Waals surface area contributed by atoms with Crippen LogP contribution in [0.1, 0.15) is 10.4 Å². The SMILES string of the molecule is Cn1nc2cccc(NC(=O)c3ccc(-c4ncn[nH]4)cc3)c2n1. The van der Waals surface area contributed by atoms with E-state index in [1.54, 1.807) is 25.2 Å². The summed E-state index contributed by atoms with van der Waals surface area (Å²) in [6, 6.07) is 12.6. The molecule has 2 aromatic carbocycles. The zero-order valence-corrected chi connectivity index (χ0v) is 12.8. The van der Waals surface area contributed by atoms with Crippen LogP contribution >= 0.6 is 0 Å². The van der Waals surface area contributed by atoms with Crippen LogP contribution < -0.4 is 5.32 Å². The first-order chi connectivity index (χ1) is 11.7. The maximum absolute atomic E-state index is 12.5. The van der Waals surface area contributed by atoms with Crippen LogP contribution in [0.15, 0.2) is 48.8 Å². The predicted molar refractivity (Wildman–Crippen MR) is 88.3 cm³/mol. The van der Waals surface area contributed by atoms with E-state index in [1.807, 2.05) is 24.3 Å². The van der Waals surface area contributed by atoms with Crippen LogP contribution in [0.2, 0.25) is 0 Å². The number of nitrogens with zero attached hydrogens (tertiary/aromatic N) is 5. The molecule has 0 saturated heterocycles. The number of fused-ring (bicyclic) bond motifs is 1. The molecule has 2 heterocycles. The number of anilines is 1. The molecular weight excluding hydrogens is 306 g/mol. The van der Waals surface area contributed by atoms with E-state index in [0.717, 1.165) is 11.1 Å². The first-order valence-electron chi connectivity index (χ1n) is 7.28. The standard InChI is InChI=1S/C16H13N7O/c1-23-21-13-4-2-3-12(14(13)22-23)19-16(24)11-7-5-10(6-8-11)15-17-9-18-20-15/h2-9H,1H3,(H,19,24)(H,17,18,20). The predicted octanol–water partition coefficient (Wildman–Crippen LogP) is 2.01. The van der Waals surface area contributed by atoms with Gasteiger partial charge in [-0.2, -0.15) is 20.1 Å². The number of carbonyl (C=O) groups excluding carboxylic acids is 1. The van der Waals surface area contributed by atoms with Crippen LogP contribution in [-0.4, -0.2) is 36.1 Å². The monoisotopic (exact) mass is 319 g/mol. The number of H-pyrrole nitrogens is 1. The third kappa shape index (κ3) is 2.50. The van der Waals surface area contributed by atoms with Gasteiger partial charge < -0.3 is 5.32 Å². The van der Waals surface area contributed by atoms with Crippen LogP contribution in [0, 0.1) is 0 Å². The molecule has 2 N–H and O–H groups in total. The quantitative estimate of drug-likeness (QED) is 0.601. The summed E-state index contributed by atoms with van der Waals surface area (Å²) in [5.41, 5.74) is 3.42. The molecule has 0 aliphatic heterocycles. The largest absolute Gasteiger partial charge is 0.320 e. The molecule has 4 rings (SSSR count). The molecule has 8 heteroatoms. The molecule has 0 bridgehead atoms. The van der Waals surface area contributed by atoms with Crippen molar-refractivity contribution < 1.29 is 4.79 Å². The van der Waals surface area contributed by atoms with Gasteiger partial charge in [0.15, 0.2) is 5.82 Å². The number of aromatic amines is 1. The smallest absolute Gasteiger partial charge is 0.255 e. The van der Waals surface area contributed by atoms with Crippen LogP contribution in [0.25, 0.3) is 22.4 Å². The summed E-state index contributed by atoms with van der Waals surface area (Å²) in [7, 11) is 1.74. The summed E-state index contributed by atoms with van der Waals surface area (Å²) in [4.78, 5) is 18.0. The minimum absolute atomic E-state index is 0.211. The average molecular weight is 319 g/mol. The Hall–Kier alpha value is -3.55. The van der Waals surface area contributed by atoms with E-state index in [9.17, 15) is 4.79 Å². The molecule has 0 unspecified atom stereocenters. The fourth-order valence-corrected chi connectivity index (χ4v) is 2.46. The van der Waals surface area contributed by atoms with Crippen LogP contribution in [-0.2, 0) is 7.05 Å². The van der Waals surface area contributed by atoms with Gasteiger partial charge in [-0.3, -0.25) is 9.89 Å². The third-order valence-corrected chi connectivity index (χ3v) is 3.60. The van der Waals surface area contributed by atoms with Crippen LogP contribution in [0.3, 0.4) is 0 Å². The lowest BCUT2D eigenvalue weighted by Crippen LogP contribution is -2.12. The third-order valence-electron chi connectivity index (χ3n) is 3.60. The van der Waals surface area contributed by atoms with Crippen molar-refractivity contribution in [3.63, 3.8) is 0 Å². The summed E-state index contributed by atoms with van der Waals surface area (Å²) in [5.74, 6) is 0.448. The zero-order chi connectivity index (χ0) is 16.5. The molecule has 1 amide bonds. The highest BCUT2D eigenvalue weighted by Gasteiger charge is 2.11. The van der Waals surface area contributed by atoms with E-state index in [-0.39, 0.29) is 5.91 Å². The Morgan fingerprint density at radius 3 is 2.71 bits per heavy atom. The summed E-state index contributed by atoms with van der Waals surface area (Å²) in [6.07, 6.45) is 1.44. The Kier molecular flexibility index (Phi) is 3.27. The molecule has 0 saturated carbocycles. The van der Waals surface area contributed by atoms with Crippen LogP contribution in [0.5, 0.6) is 0 Å². The molecule has 0 atom stereocenters. The number of rotatable bonds is 3. The number of aromatic nitrogens is 6. The molecule has 0 spiro atoms. The van der Waals surface area contributed by atoms with E-state index >= 15 is 0 Å². The van der Waals surface area contributed by atoms with Gasteiger partial charge in [-0.05, 0) is 24.3 Å². The Balaban J connectivity index is 1.59. The number of benzene rings is 2.